The Balaban J connectivity index is 2.87. The van der Waals surface area contributed by atoms with E-state index in [0.29, 0.717) is 16.6 Å². The van der Waals surface area contributed by atoms with Gasteiger partial charge >= 0.3 is 5.97 Å². The predicted octanol–water partition coefficient (Wildman–Crippen LogP) is 3.63. The van der Waals surface area contributed by atoms with E-state index in [4.69, 9.17) is 9.47 Å². The molecule has 0 spiro atoms. The summed E-state index contributed by atoms with van der Waals surface area (Å²) in [4.78, 5) is 12.0. The summed E-state index contributed by atoms with van der Waals surface area (Å²) in [6.45, 7) is 0. The highest BCUT2D eigenvalue weighted by Gasteiger charge is 2.22. The Kier molecular flexibility index (Phi) is 4.20. The van der Waals surface area contributed by atoms with Crippen molar-refractivity contribution in [3.63, 3.8) is 0 Å². The number of hydrogen-bond donors (Lipinski definition) is 0. The molecule has 0 aliphatic carbocycles. The number of ether oxygens (including phenoxy) is 2. The number of esters is 1. The SMILES string of the molecule is COC(=O)c1c(CBr)n(C)c2cc(Br)c(OC)cc12. The van der Waals surface area contributed by atoms with E-state index >= 15 is 0 Å². The summed E-state index contributed by atoms with van der Waals surface area (Å²) in [6, 6.07) is 3.78. The minimum atomic E-state index is -0.343. The molecular formula is C13H13Br2NO3. The maximum atomic E-state index is 12.0. The molecule has 102 valence electrons. The van der Waals surface area contributed by atoms with Gasteiger partial charge in [-0.1, -0.05) is 15.9 Å². The van der Waals surface area contributed by atoms with Gasteiger partial charge in [0.1, 0.15) is 5.75 Å². The molecule has 0 aliphatic heterocycles. The topological polar surface area (TPSA) is 40.5 Å². The van der Waals surface area contributed by atoms with Gasteiger partial charge < -0.3 is 14.0 Å². The Morgan fingerprint density at radius 2 is 2.05 bits per heavy atom. The lowest BCUT2D eigenvalue weighted by Crippen LogP contribution is -2.05. The highest BCUT2D eigenvalue weighted by atomic mass is 79.9. The van der Waals surface area contributed by atoms with Crippen molar-refractivity contribution in [2.45, 2.75) is 5.33 Å². The van der Waals surface area contributed by atoms with E-state index in [9.17, 15) is 4.79 Å². The summed E-state index contributed by atoms with van der Waals surface area (Å²) < 4.78 is 13.0. The lowest BCUT2D eigenvalue weighted by atomic mass is 10.1. The molecule has 1 aromatic carbocycles. The number of aromatic nitrogens is 1. The molecule has 4 nitrogen and oxygen atoms in total. The van der Waals surface area contributed by atoms with Gasteiger partial charge in [0.25, 0.3) is 0 Å². The number of aryl methyl sites for hydroxylation is 1. The van der Waals surface area contributed by atoms with E-state index in [0.717, 1.165) is 21.1 Å². The largest absolute Gasteiger partial charge is 0.496 e. The monoisotopic (exact) mass is 389 g/mol. The van der Waals surface area contributed by atoms with Crippen LogP contribution in [0.5, 0.6) is 5.75 Å². The van der Waals surface area contributed by atoms with Crippen LogP contribution in [0.3, 0.4) is 0 Å². The third kappa shape index (κ3) is 2.27. The molecule has 0 atom stereocenters. The summed E-state index contributed by atoms with van der Waals surface area (Å²) in [6.07, 6.45) is 0. The lowest BCUT2D eigenvalue weighted by Gasteiger charge is -2.04. The number of halogens is 2. The van der Waals surface area contributed by atoms with Crippen molar-refractivity contribution in [3.05, 3.63) is 27.9 Å². The van der Waals surface area contributed by atoms with Crippen molar-refractivity contribution in [1.29, 1.82) is 0 Å². The van der Waals surface area contributed by atoms with Crippen LogP contribution in [0.1, 0.15) is 16.1 Å². The Hall–Kier alpha value is -1.01. The van der Waals surface area contributed by atoms with Gasteiger partial charge in [0.05, 0.1) is 29.8 Å². The predicted molar refractivity (Wildman–Crippen MR) is 81.1 cm³/mol. The zero-order valence-corrected chi connectivity index (χ0v) is 14.0. The van der Waals surface area contributed by atoms with Crippen LogP contribution in [0.2, 0.25) is 0 Å². The molecule has 1 heterocycles. The third-order valence-electron chi connectivity index (χ3n) is 3.11. The zero-order valence-electron chi connectivity index (χ0n) is 10.8. The van der Waals surface area contributed by atoms with Crippen molar-refractivity contribution in [2.24, 2.45) is 7.05 Å². The highest BCUT2D eigenvalue weighted by Crippen LogP contribution is 2.35. The van der Waals surface area contributed by atoms with E-state index in [1.165, 1.54) is 7.11 Å². The molecule has 6 heteroatoms. The minimum Gasteiger partial charge on any atom is -0.496 e. The van der Waals surface area contributed by atoms with Gasteiger partial charge in [-0.3, -0.25) is 0 Å². The second-order valence-corrected chi connectivity index (χ2v) is 5.42. The average Bonchev–Trinajstić information content (AvgIpc) is 2.69. The Labute approximate surface area is 127 Å². The number of methoxy groups -OCH3 is 2. The number of alkyl halides is 1. The van der Waals surface area contributed by atoms with E-state index in [1.54, 1.807) is 7.11 Å². The van der Waals surface area contributed by atoms with Crippen LogP contribution in [0, 0.1) is 0 Å². The Bertz CT molecular complexity index is 649. The van der Waals surface area contributed by atoms with Crippen LogP contribution < -0.4 is 4.74 Å². The molecule has 0 fully saturated rings. The van der Waals surface area contributed by atoms with Gasteiger partial charge in [-0.2, -0.15) is 0 Å². The first-order valence-electron chi connectivity index (χ1n) is 5.54. The fourth-order valence-electron chi connectivity index (χ4n) is 2.13. The third-order valence-corrected chi connectivity index (χ3v) is 4.26. The smallest absolute Gasteiger partial charge is 0.340 e. The second-order valence-electron chi connectivity index (χ2n) is 4.01. The van der Waals surface area contributed by atoms with Gasteiger partial charge in [-0.15, -0.1) is 0 Å². The van der Waals surface area contributed by atoms with Crippen LogP contribution >= 0.6 is 31.9 Å². The van der Waals surface area contributed by atoms with Crippen LogP contribution in [0.4, 0.5) is 0 Å². The van der Waals surface area contributed by atoms with E-state index in [1.807, 2.05) is 23.7 Å². The lowest BCUT2D eigenvalue weighted by molar-refractivity contribution is 0.0602. The molecule has 0 aliphatic rings. The van der Waals surface area contributed by atoms with E-state index < -0.39 is 0 Å². The molecule has 0 radical (unpaired) electrons. The van der Waals surface area contributed by atoms with Crippen molar-refractivity contribution in [2.75, 3.05) is 14.2 Å². The fraction of sp³-hybridized carbons (Fsp3) is 0.308. The van der Waals surface area contributed by atoms with Gasteiger partial charge in [-0.05, 0) is 28.1 Å². The molecule has 2 aromatic rings. The maximum absolute atomic E-state index is 12.0. The van der Waals surface area contributed by atoms with Crippen LogP contribution in [-0.4, -0.2) is 24.8 Å². The Morgan fingerprint density at radius 3 is 2.58 bits per heavy atom. The number of hydrogen-bond acceptors (Lipinski definition) is 3. The number of nitrogens with zero attached hydrogens (tertiary/aromatic N) is 1. The van der Waals surface area contributed by atoms with Crippen LogP contribution in [-0.2, 0) is 17.1 Å². The summed E-state index contributed by atoms with van der Waals surface area (Å²) in [5.41, 5.74) is 2.40. The van der Waals surface area contributed by atoms with E-state index in [2.05, 4.69) is 31.9 Å². The summed E-state index contributed by atoms with van der Waals surface area (Å²) in [5.74, 6) is 0.341. The number of carbonyl (C=O) groups excluding carboxylic acids is 1. The summed E-state index contributed by atoms with van der Waals surface area (Å²) in [7, 11) is 4.90. The van der Waals surface area contributed by atoms with Crippen molar-refractivity contribution in [1.82, 2.24) is 4.57 Å². The fourth-order valence-corrected chi connectivity index (χ4v) is 3.28. The van der Waals surface area contributed by atoms with Crippen molar-refractivity contribution in [3.8, 4) is 5.75 Å². The molecule has 0 bridgehead atoms. The van der Waals surface area contributed by atoms with Gasteiger partial charge in [0.2, 0.25) is 0 Å². The van der Waals surface area contributed by atoms with Gasteiger partial charge in [-0.25, -0.2) is 4.79 Å². The maximum Gasteiger partial charge on any atom is 0.340 e. The minimum absolute atomic E-state index is 0.343. The van der Waals surface area contributed by atoms with Crippen molar-refractivity contribution >= 4 is 48.7 Å². The molecule has 0 unspecified atom stereocenters. The normalized spacial score (nSPS) is 10.8. The standard InChI is InChI=1S/C13H13Br2NO3/c1-16-9-5-8(15)11(18-2)4-7(9)12(10(16)6-14)13(17)19-3/h4-5H,6H2,1-3H3. The van der Waals surface area contributed by atoms with Crippen LogP contribution in [0.15, 0.2) is 16.6 Å². The number of fused-ring (bicyclic) bond motifs is 1. The molecule has 0 saturated carbocycles. The summed E-state index contributed by atoms with van der Waals surface area (Å²) >= 11 is 6.87. The Morgan fingerprint density at radius 1 is 1.37 bits per heavy atom. The number of rotatable bonds is 3. The van der Waals surface area contributed by atoms with Gasteiger partial charge in [0, 0.05) is 23.5 Å². The van der Waals surface area contributed by atoms with E-state index in [-0.39, 0.29) is 5.97 Å². The molecule has 19 heavy (non-hydrogen) atoms. The first-order chi connectivity index (χ1) is 9.04. The number of benzene rings is 1. The number of carbonyl (C=O) groups is 1. The molecule has 0 saturated heterocycles. The molecule has 0 amide bonds. The molecule has 1 aromatic heterocycles. The quantitative estimate of drug-likeness (QED) is 0.593. The average molecular weight is 391 g/mol. The molecular weight excluding hydrogens is 378 g/mol. The van der Waals surface area contributed by atoms with Crippen LogP contribution in [0.25, 0.3) is 10.9 Å². The first-order valence-corrected chi connectivity index (χ1v) is 7.45. The molecule has 2 rings (SSSR count). The summed E-state index contributed by atoms with van der Waals surface area (Å²) in [5, 5.41) is 1.39. The second kappa shape index (κ2) is 5.54. The first kappa shape index (κ1) is 14.4. The zero-order chi connectivity index (χ0) is 14.2. The van der Waals surface area contributed by atoms with Crippen molar-refractivity contribution < 1.29 is 14.3 Å². The highest BCUT2D eigenvalue weighted by molar-refractivity contribution is 9.10. The molecule has 0 N–H and O–H groups in total. The van der Waals surface area contributed by atoms with Gasteiger partial charge in [0.15, 0.2) is 0 Å².